The Balaban J connectivity index is 2.32. The number of anilines is 1. The molecule has 0 spiro atoms. The summed E-state index contributed by atoms with van der Waals surface area (Å²) < 4.78 is 10.5. The third-order valence-electron chi connectivity index (χ3n) is 3.81. The molecule has 0 bridgehead atoms. The number of nitrogens with zero attached hydrogens (tertiary/aromatic N) is 1. The molecule has 0 aliphatic heterocycles. The number of benzene rings is 2. The topological polar surface area (TPSA) is 38.8 Å². The molecular weight excluding hydrogens is 278 g/mol. The molecule has 4 nitrogen and oxygen atoms in total. The van der Waals surface area contributed by atoms with E-state index in [2.05, 4.69) is 0 Å². The van der Waals surface area contributed by atoms with Crippen LogP contribution in [0.25, 0.3) is 0 Å². The molecule has 4 heteroatoms. The van der Waals surface area contributed by atoms with Crippen LogP contribution in [0.4, 0.5) is 5.69 Å². The highest BCUT2D eigenvalue weighted by molar-refractivity contribution is 6.06. The van der Waals surface area contributed by atoms with E-state index in [0.717, 1.165) is 11.3 Å². The van der Waals surface area contributed by atoms with Crippen molar-refractivity contribution in [2.75, 3.05) is 26.2 Å². The van der Waals surface area contributed by atoms with Gasteiger partial charge in [-0.1, -0.05) is 6.07 Å². The zero-order valence-electron chi connectivity index (χ0n) is 13.6. The quantitative estimate of drug-likeness (QED) is 0.866. The molecule has 116 valence electrons. The second-order valence-corrected chi connectivity index (χ2v) is 5.20. The Hall–Kier alpha value is -2.49. The van der Waals surface area contributed by atoms with Gasteiger partial charge >= 0.3 is 0 Å². The number of hydrogen-bond donors (Lipinski definition) is 0. The fraction of sp³-hybridized carbons (Fsp3) is 0.278. The smallest absolute Gasteiger partial charge is 0.258 e. The molecule has 0 N–H and O–H groups in total. The lowest BCUT2D eigenvalue weighted by atomic mass is 10.1. The van der Waals surface area contributed by atoms with E-state index in [1.54, 1.807) is 38.3 Å². The van der Waals surface area contributed by atoms with E-state index in [1.165, 1.54) is 5.56 Å². The predicted octanol–water partition coefficient (Wildman–Crippen LogP) is 3.60. The second kappa shape index (κ2) is 6.52. The van der Waals surface area contributed by atoms with Crippen molar-refractivity contribution < 1.29 is 14.3 Å². The molecule has 0 saturated heterocycles. The minimum absolute atomic E-state index is 0.0599. The Morgan fingerprint density at radius 1 is 0.909 bits per heavy atom. The number of carbonyl (C=O) groups is 1. The molecule has 0 aliphatic rings. The Kier molecular flexibility index (Phi) is 4.71. The first-order valence-electron chi connectivity index (χ1n) is 7.05. The third kappa shape index (κ3) is 3.06. The van der Waals surface area contributed by atoms with Crippen LogP contribution in [-0.4, -0.2) is 27.2 Å². The Bertz CT molecular complexity index is 695. The third-order valence-corrected chi connectivity index (χ3v) is 3.81. The van der Waals surface area contributed by atoms with Crippen molar-refractivity contribution in [1.82, 2.24) is 0 Å². The molecule has 0 heterocycles. The van der Waals surface area contributed by atoms with Gasteiger partial charge in [0.25, 0.3) is 5.91 Å². The van der Waals surface area contributed by atoms with Crippen LogP contribution >= 0.6 is 0 Å². The van der Waals surface area contributed by atoms with Gasteiger partial charge in [-0.15, -0.1) is 0 Å². The van der Waals surface area contributed by atoms with Crippen molar-refractivity contribution in [2.45, 2.75) is 13.8 Å². The van der Waals surface area contributed by atoms with Crippen LogP contribution in [0, 0.1) is 13.8 Å². The molecule has 0 radical (unpaired) electrons. The normalized spacial score (nSPS) is 10.2. The van der Waals surface area contributed by atoms with Gasteiger partial charge in [-0.25, -0.2) is 0 Å². The monoisotopic (exact) mass is 299 g/mol. The molecule has 2 aromatic carbocycles. The van der Waals surface area contributed by atoms with E-state index in [1.807, 2.05) is 38.1 Å². The van der Waals surface area contributed by atoms with Gasteiger partial charge in [0, 0.05) is 24.4 Å². The molecule has 0 saturated carbocycles. The summed E-state index contributed by atoms with van der Waals surface area (Å²) in [7, 11) is 4.91. The second-order valence-electron chi connectivity index (χ2n) is 5.20. The van der Waals surface area contributed by atoms with Crippen LogP contribution < -0.4 is 14.4 Å². The number of carbonyl (C=O) groups excluding carboxylic acids is 1. The maximum absolute atomic E-state index is 12.6. The number of rotatable bonds is 4. The van der Waals surface area contributed by atoms with Gasteiger partial charge in [0.15, 0.2) is 11.5 Å². The van der Waals surface area contributed by atoms with Gasteiger partial charge in [0.2, 0.25) is 0 Å². The highest BCUT2D eigenvalue weighted by Crippen LogP contribution is 2.31. The molecule has 1 amide bonds. The summed E-state index contributed by atoms with van der Waals surface area (Å²) in [5, 5.41) is 0. The molecule has 2 rings (SSSR count). The zero-order chi connectivity index (χ0) is 16.3. The van der Waals surface area contributed by atoms with E-state index in [9.17, 15) is 4.79 Å². The fourth-order valence-electron chi connectivity index (χ4n) is 2.22. The maximum Gasteiger partial charge on any atom is 0.258 e. The van der Waals surface area contributed by atoms with E-state index in [4.69, 9.17) is 9.47 Å². The lowest BCUT2D eigenvalue weighted by molar-refractivity contribution is 0.0993. The van der Waals surface area contributed by atoms with Gasteiger partial charge in [0.1, 0.15) is 0 Å². The van der Waals surface area contributed by atoms with Crippen molar-refractivity contribution >= 4 is 11.6 Å². The average Bonchev–Trinajstić information content (AvgIpc) is 2.55. The molecule has 22 heavy (non-hydrogen) atoms. The Labute approximate surface area is 131 Å². The Morgan fingerprint density at radius 2 is 1.59 bits per heavy atom. The maximum atomic E-state index is 12.6. The summed E-state index contributed by atoms with van der Waals surface area (Å²) in [6, 6.07) is 11.1. The minimum atomic E-state index is -0.0599. The van der Waals surface area contributed by atoms with Crippen molar-refractivity contribution in [3.8, 4) is 11.5 Å². The molecule has 2 aromatic rings. The zero-order valence-corrected chi connectivity index (χ0v) is 13.6. The van der Waals surface area contributed by atoms with Crippen molar-refractivity contribution in [2.24, 2.45) is 0 Å². The SMILES string of the molecule is COc1ccc(N(C)C(=O)c2ccc(C)c(C)c2)cc1OC. The molecule has 0 aromatic heterocycles. The number of aryl methyl sites for hydroxylation is 2. The van der Waals surface area contributed by atoms with E-state index >= 15 is 0 Å². The van der Waals surface area contributed by atoms with Crippen molar-refractivity contribution in [3.63, 3.8) is 0 Å². The molecule has 0 aliphatic carbocycles. The first-order chi connectivity index (χ1) is 10.5. The van der Waals surface area contributed by atoms with Gasteiger partial charge in [0.05, 0.1) is 14.2 Å². The molecule has 0 unspecified atom stereocenters. The minimum Gasteiger partial charge on any atom is -0.493 e. The van der Waals surface area contributed by atoms with Crippen LogP contribution in [0.3, 0.4) is 0 Å². The first kappa shape index (κ1) is 15.9. The summed E-state index contributed by atoms with van der Waals surface area (Å²) in [6.45, 7) is 4.03. The van der Waals surface area contributed by atoms with Crippen LogP contribution in [0.15, 0.2) is 36.4 Å². The first-order valence-corrected chi connectivity index (χ1v) is 7.05. The summed E-state index contributed by atoms with van der Waals surface area (Å²) in [6.07, 6.45) is 0. The number of hydrogen-bond acceptors (Lipinski definition) is 3. The van der Waals surface area contributed by atoms with Crippen molar-refractivity contribution in [3.05, 3.63) is 53.1 Å². The van der Waals surface area contributed by atoms with Crippen molar-refractivity contribution in [1.29, 1.82) is 0 Å². The van der Waals surface area contributed by atoms with E-state index in [0.29, 0.717) is 17.1 Å². The summed E-state index contributed by atoms with van der Waals surface area (Å²) in [4.78, 5) is 14.2. The van der Waals surface area contributed by atoms with Gasteiger partial charge in [-0.2, -0.15) is 0 Å². The standard InChI is InChI=1S/C18H21NO3/c1-12-6-7-14(10-13(12)2)18(20)19(3)15-8-9-16(21-4)17(11-15)22-5/h6-11H,1-5H3. The van der Waals surface area contributed by atoms with E-state index in [-0.39, 0.29) is 5.91 Å². The van der Waals surface area contributed by atoms with Crippen LogP contribution in [-0.2, 0) is 0 Å². The van der Waals surface area contributed by atoms with Gasteiger partial charge < -0.3 is 14.4 Å². The Morgan fingerprint density at radius 3 is 2.18 bits per heavy atom. The largest absolute Gasteiger partial charge is 0.493 e. The van der Waals surface area contributed by atoms with Gasteiger partial charge in [-0.05, 0) is 49.2 Å². The van der Waals surface area contributed by atoms with E-state index < -0.39 is 0 Å². The molecular formula is C18H21NO3. The predicted molar refractivity (Wildman–Crippen MR) is 88.2 cm³/mol. The fourth-order valence-corrected chi connectivity index (χ4v) is 2.22. The number of ether oxygens (including phenoxy) is 2. The summed E-state index contributed by atoms with van der Waals surface area (Å²) in [5.41, 5.74) is 3.69. The number of methoxy groups -OCH3 is 2. The lowest BCUT2D eigenvalue weighted by Gasteiger charge is -2.19. The van der Waals surface area contributed by atoms with Gasteiger partial charge in [-0.3, -0.25) is 4.79 Å². The van der Waals surface area contributed by atoms with Crippen LogP contribution in [0.1, 0.15) is 21.5 Å². The molecule has 0 fully saturated rings. The summed E-state index contributed by atoms with van der Waals surface area (Å²) in [5.74, 6) is 1.17. The highest BCUT2D eigenvalue weighted by atomic mass is 16.5. The lowest BCUT2D eigenvalue weighted by Crippen LogP contribution is -2.26. The summed E-state index contributed by atoms with van der Waals surface area (Å²) >= 11 is 0. The van der Waals surface area contributed by atoms with Crippen LogP contribution in [0.5, 0.6) is 11.5 Å². The highest BCUT2D eigenvalue weighted by Gasteiger charge is 2.16. The number of amides is 1. The average molecular weight is 299 g/mol. The molecule has 0 atom stereocenters. The van der Waals surface area contributed by atoms with Crippen LogP contribution in [0.2, 0.25) is 0 Å².